The number of nitrogens with zero attached hydrogens (tertiary/aromatic N) is 2. The molecule has 5 heteroatoms. The van der Waals surface area contributed by atoms with Gasteiger partial charge in [0.1, 0.15) is 5.82 Å². The third-order valence-electron chi connectivity index (χ3n) is 2.36. The van der Waals surface area contributed by atoms with Crippen LogP contribution in [-0.2, 0) is 6.54 Å². The first-order valence-corrected chi connectivity index (χ1v) is 5.84. The van der Waals surface area contributed by atoms with E-state index in [1.807, 2.05) is 12.3 Å². The van der Waals surface area contributed by atoms with Gasteiger partial charge in [-0.2, -0.15) is 0 Å². The van der Waals surface area contributed by atoms with Gasteiger partial charge in [0.2, 0.25) is 0 Å². The largest absolute Gasteiger partial charge is 0.304 e. The van der Waals surface area contributed by atoms with Crippen LogP contribution in [0.3, 0.4) is 0 Å². The van der Waals surface area contributed by atoms with Gasteiger partial charge in [-0.05, 0) is 36.2 Å². The second-order valence-corrected chi connectivity index (χ2v) is 4.16. The number of hydrogen-bond acceptors (Lipinski definition) is 4. The number of rotatable bonds is 4. The number of nitrogens with one attached hydrogen (secondary N) is 1. The molecule has 0 spiro atoms. The zero-order chi connectivity index (χ0) is 11.4. The SMILES string of the molecule is C[C@@H](NCc1csnn1)c1ccc(F)cc1. The molecule has 2 rings (SSSR count). The van der Waals surface area contributed by atoms with E-state index in [-0.39, 0.29) is 11.9 Å². The summed E-state index contributed by atoms with van der Waals surface area (Å²) in [5, 5.41) is 9.15. The monoisotopic (exact) mass is 237 g/mol. The van der Waals surface area contributed by atoms with Gasteiger partial charge in [-0.25, -0.2) is 4.39 Å². The van der Waals surface area contributed by atoms with Gasteiger partial charge >= 0.3 is 0 Å². The van der Waals surface area contributed by atoms with Crippen molar-refractivity contribution in [3.63, 3.8) is 0 Å². The summed E-state index contributed by atoms with van der Waals surface area (Å²) in [7, 11) is 0. The lowest BCUT2D eigenvalue weighted by molar-refractivity contribution is 0.564. The highest BCUT2D eigenvalue weighted by atomic mass is 32.1. The molecule has 0 aliphatic heterocycles. The fourth-order valence-electron chi connectivity index (χ4n) is 1.39. The van der Waals surface area contributed by atoms with Crippen molar-refractivity contribution in [3.05, 3.63) is 46.7 Å². The third-order valence-corrected chi connectivity index (χ3v) is 2.92. The molecule has 0 unspecified atom stereocenters. The lowest BCUT2D eigenvalue weighted by Crippen LogP contribution is -2.18. The Balaban J connectivity index is 1.93. The molecule has 0 saturated carbocycles. The number of benzene rings is 1. The van der Waals surface area contributed by atoms with Crippen LogP contribution in [0, 0.1) is 5.82 Å². The fourth-order valence-corrected chi connectivity index (χ4v) is 1.84. The standard InChI is InChI=1S/C11H12FN3S/c1-8(9-2-4-10(12)5-3-9)13-6-11-7-16-15-14-11/h2-5,7-8,13H,6H2,1H3/t8-/m1/s1. The van der Waals surface area contributed by atoms with Crippen LogP contribution in [0.5, 0.6) is 0 Å². The second-order valence-electron chi connectivity index (χ2n) is 3.55. The van der Waals surface area contributed by atoms with Crippen molar-refractivity contribution in [3.8, 4) is 0 Å². The smallest absolute Gasteiger partial charge is 0.123 e. The Morgan fingerprint density at radius 3 is 2.75 bits per heavy atom. The van der Waals surface area contributed by atoms with Crippen molar-refractivity contribution in [2.24, 2.45) is 0 Å². The molecular weight excluding hydrogens is 225 g/mol. The highest BCUT2D eigenvalue weighted by Crippen LogP contribution is 2.13. The molecule has 3 nitrogen and oxygen atoms in total. The summed E-state index contributed by atoms with van der Waals surface area (Å²) in [6, 6.07) is 6.68. The fraction of sp³-hybridized carbons (Fsp3) is 0.273. The minimum absolute atomic E-state index is 0.169. The highest BCUT2D eigenvalue weighted by molar-refractivity contribution is 7.03. The lowest BCUT2D eigenvalue weighted by atomic mass is 10.1. The number of aromatic nitrogens is 2. The van der Waals surface area contributed by atoms with Gasteiger partial charge < -0.3 is 5.32 Å². The molecule has 1 heterocycles. The summed E-state index contributed by atoms with van der Waals surface area (Å²) in [5.74, 6) is -0.209. The van der Waals surface area contributed by atoms with Crippen molar-refractivity contribution < 1.29 is 4.39 Å². The first-order chi connectivity index (χ1) is 7.75. The molecule has 0 aliphatic carbocycles. The van der Waals surface area contributed by atoms with E-state index in [0.29, 0.717) is 6.54 Å². The molecule has 0 bridgehead atoms. The average Bonchev–Trinajstić information content (AvgIpc) is 2.80. The van der Waals surface area contributed by atoms with E-state index in [2.05, 4.69) is 14.9 Å². The van der Waals surface area contributed by atoms with E-state index in [1.54, 1.807) is 12.1 Å². The van der Waals surface area contributed by atoms with Crippen LogP contribution in [0.2, 0.25) is 0 Å². The Bertz CT molecular complexity index is 427. The van der Waals surface area contributed by atoms with Crippen LogP contribution in [0.1, 0.15) is 24.2 Å². The van der Waals surface area contributed by atoms with Gasteiger partial charge in [0.25, 0.3) is 0 Å². The normalized spacial score (nSPS) is 12.6. The Morgan fingerprint density at radius 1 is 1.38 bits per heavy atom. The molecule has 0 fully saturated rings. The maximum Gasteiger partial charge on any atom is 0.123 e. The average molecular weight is 237 g/mol. The van der Waals surface area contributed by atoms with E-state index in [0.717, 1.165) is 11.3 Å². The van der Waals surface area contributed by atoms with E-state index in [4.69, 9.17) is 0 Å². The molecule has 2 aromatic rings. The van der Waals surface area contributed by atoms with E-state index in [1.165, 1.54) is 23.7 Å². The molecule has 84 valence electrons. The minimum Gasteiger partial charge on any atom is -0.304 e. The Kier molecular flexibility index (Phi) is 3.58. The molecule has 0 radical (unpaired) electrons. The first kappa shape index (κ1) is 11.2. The van der Waals surface area contributed by atoms with Gasteiger partial charge in [0, 0.05) is 18.0 Å². The molecule has 16 heavy (non-hydrogen) atoms. The van der Waals surface area contributed by atoms with Gasteiger partial charge in [-0.15, -0.1) is 5.10 Å². The minimum atomic E-state index is -0.209. The lowest BCUT2D eigenvalue weighted by Gasteiger charge is -2.12. The van der Waals surface area contributed by atoms with Gasteiger partial charge in [-0.3, -0.25) is 0 Å². The predicted molar refractivity (Wildman–Crippen MR) is 61.6 cm³/mol. The number of halogens is 1. The molecular formula is C11H12FN3S. The Hall–Kier alpha value is -1.33. The van der Waals surface area contributed by atoms with Crippen molar-refractivity contribution in [2.75, 3.05) is 0 Å². The molecule has 1 aromatic heterocycles. The molecule has 0 aliphatic rings. The molecule has 1 atom stereocenters. The summed E-state index contributed by atoms with van der Waals surface area (Å²) >= 11 is 1.34. The van der Waals surface area contributed by atoms with Gasteiger partial charge in [0.05, 0.1) is 5.69 Å². The molecule has 1 aromatic carbocycles. The van der Waals surface area contributed by atoms with Crippen LogP contribution >= 0.6 is 11.5 Å². The quantitative estimate of drug-likeness (QED) is 0.888. The van der Waals surface area contributed by atoms with Crippen LogP contribution < -0.4 is 5.32 Å². The summed E-state index contributed by atoms with van der Waals surface area (Å²) < 4.78 is 16.5. The number of hydrogen-bond donors (Lipinski definition) is 1. The van der Waals surface area contributed by atoms with Crippen molar-refractivity contribution >= 4 is 11.5 Å². The van der Waals surface area contributed by atoms with E-state index in [9.17, 15) is 4.39 Å². The molecule has 1 N–H and O–H groups in total. The summed E-state index contributed by atoms with van der Waals surface area (Å²) in [4.78, 5) is 0. The van der Waals surface area contributed by atoms with Crippen LogP contribution in [0.25, 0.3) is 0 Å². The summed E-state index contributed by atoms with van der Waals surface area (Å²) in [5.41, 5.74) is 1.99. The summed E-state index contributed by atoms with van der Waals surface area (Å²) in [6.45, 7) is 2.71. The zero-order valence-electron chi connectivity index (χ0n) is 8.85. The maximum absolute atomic E-state index is 12.7. The van der Waals surface area contributed by atoms with Gasteiger partial charge in [-0.1, -0.05) is 16.6 Å². The predicted octanol–water partition coefficient (Wildman–Crippen LogP) is 2.53. The van der Waals surface area contributed by atoms with Crippen molar-refractivity contribution in [1.29, 1.82) is 0 Å². The van der Waals surface area contributed by atoms with Crippen molar-refractivity contribution in [1.82, 2.24) is 14.9 Å². The second kappa shape index (κ2) is 5.14. The maximum atomic E-state index is 12.7. The molecule has 0 saturated heterocycles. The van der Waals surface area contributed by atoms with E-state index >= 15 is 0 Å². The van der Waals surface area contributed by atoms with E-state index < -0.39 is 0 Å². The third kappa shape index (κ3) is 2.84. The highest BCUT2D eigenvalue weighted by Gasteiger charge is 2.05. The van der Waals surface area contributed by atoms with Crippen LogP contribution in [0.15, 0.2) is 29.6 Å². The first-order valence-electron chi connectivity index (χ1n) is 5.00. The topological polar surface area (TPSA) is 37.8 Å². The van der Waals surface area contributed by atoms with Crippen LogP contribution in [-0.4, -0.2) is 9.59 Å². The zero-order valence-corrected chi connectivity index (χ0v) is 9.67. The molecule has 0 amide bonds. The van der Waals surface area contributed by atoms with Crippen LogP contribution in [0.4, 0.5) is 4.39 Å². The summed E-state index contributed by atoms with van der Waals surface area (Å²) in [6.07, 6.45) is 0. The van der Waals surface area contributed by atoms with Gasteiger partial charge in [0.15, 0.2) is 0 Å². The Morgan fingerprint density at radius 2 is 2.12 bits per heavy atom. The van der Waals surface area contributed by atoms with Crippen molar-refractivity contribution in [2.45, 2.75) is 19.5 Å². The Labute approximate surface area is 97.5 Å².